The van der Waals surface area contributed by atoms with Crippen LogP contribution in [0.5, 0.6) is 0 Å². The molecule has 2 rings (SSSR count). The lowest BCUT2D eigenvalue weighted by Crippen LogP contribution is -2.19. The van der Waals surface area contributed by atoms with Crippen LogP contribution in [0, 0.1) is 5.92 Å². The van der Waals surface area contributed by atoms with Crippen LogP contribution in [0.4, 0.5) is 0 Å². The van der Waals surface area contributed by atoms with E-state index in [2.05, 4.69) is 4.98 Å². The third kappa shape index (κ3) is 4.65. The molecular formula is C16H21NO4. The molecule has 0 radical (unpaired) electrons. The first-order valence-electron chi connectivity index (χ1n) is 7.25. The summed E-state index contributed by atoms with van der Waals surface area (Å²) in [6.07, 6.45) is 9.11. The molecule has 0 unspecified atom stereocenters. The second-order valence-corrected chi connectivity index (χ2v) is 5.25. The molecule has 1 fully saturated rings. The van der Waals surface area contributed by atoms with Crippen LogP contribution in [-0.4, -0.2) is 33.9 Å². The Morgan fingerprint density at radius 1 is 1.43 bits per heavy atom. The van der Waals surface area contributed by atoms with E-state index in [9.17, 15) is 9.90 Å². The maximum absolute atomic E-state index is 10.4. The van der Waals surface area contributed by atoms with Crippen LogP contribution in [0.25, 0.3) is 0 Å². The molecule has 1 aliphatic heterocycles. The van der Waals surface area contributed by atoms with E-state index >= 15 is 0 Å². The third-order valence-electron chi connectivity index (χ3n) is 3.70. The molecule has 0 bridgehead atoms. The van der Waals surface area contributed by atoms with E-state index in [1.165, 1.54) is 0 Å². The molecule has 114 valence electrons. The topological polar surface area (TPSA) is 79.7 Å². The van der Waals surface area contributed by atoms with Gasteiger partial charge in [0.15, 0.2) is 0 Å². The molecule has 1 aliphatic rings. The van der Waals surface area contributed by atoms with Gasteiger partial charge in [-0.3, -0.25) is 9.78 Å². The highest BCUT2D eigenvalue weighted by molar-refractivity contribution is 5.66. The average molecular weight is 291 g/mol. The number of pyridine rings is 1. The van der Waals surface area contributed by atoms with Gasteiger partial charge in [0, 0.05) is 24.7 Å². The number of aliphatic hydroxyl groups is 1. The van der Waals surface area contributed by atoms with E-state index in [1.807, 2.05) is 24.3 Å². The van der Waals surface area contributed by atoms with Gasteiger partial charge in [0.25, 0.3) is 0 Å². The maximum atomic E-state index is 10.4. The van der Waals surface area contributed by atoms with Crippen LogP contribution in [0.1, 0.15) is 37.4 Å². The summed E-state index contributed by atoms with van der Waals surface area (Å²) in [5.41, 5.74) is 0.994. The van der Waals surface area contributed by atoms with Gasteiger partial charge in [-0.05, 0) is 30.9 Å². The quantitative estimate of drug-likeness (QED) is 0.754. The van der Waals surface area contributed by atoms with Gasteiger partial charge < -0.3 is 14.9 Å². The molecule has 0 spiro atoms. The molecule has 5 nitrogen and oxygen atoms in total. The van der Waals surface area contributed by atoms with Crippen molar-refractivity contribution < 1.29 is 19.7 Å². The summed E-state index contributed by atoms with van der Waals surface area (Å²) >= 11 is 0. The molecule has 2 heterocycles. The molecule has 5 heteroatoms. The first-order valence-corrected chi connectivity index (χ1v) is 7.25. The highest BCUT2D eigenvalue weighted by Gasteiger charge is 2.36. The number of carbonyl (C=O) groups is 1. The summed E-state index contributed by atoms with van der Waals surface area (Å²) in [6, 6.07) is 3.83. The smallest absolute Gasteiger partial charge is 0.303 e. The van der Waals surface area contributed by atoms with E-state index in [0.717, 1.165) is 18.4 Å². The third-order valence-corrected chi connectivity index (χ3v) is 3.70. The molecule has 1 aromatic rings. The number of hydrogen-bond donors (Lipinski definition) is 2. The van der Waals surface area contributed by atoms with Gasteiger partial charge in [-0.1, -0.05) is 18.2 Å². The van der Waals surface area contributed by atoms with Crippen molar-refractivity contribution in [2.24, 2.45) is 5.92 Å². The Morgan fingerprint density at radius 3 is 2.95 bits per heavy atom. The standard InChI is InChI=1S/C16H21NO4/c18-14-11-21-16(12-6-5-9-17-10-12)13(14)7-3-1-2-4-8-15(19)20/h1-2,5-6,9-10,13-14,16,18H,3-4,7-8,11H2,(H,19,20)/t13-,14-,16+/m0/s1. The molecular weight excluding hydrogens is 270 g/mol. The Kier molecular flexibility index (Phi) is 5.90. The van der Waals surface area contributed by atoms with Gasteiger partial charge in [-0.25, -0.2) is 0 Å². The number of rotatable bonds is 7. The highest BCUT2D eigenvalue weighted by atomic mass is 16.5. The number of ether oxygens (including phenoxy) is 1. The SMILES string of the molecule is O=C(O)CCC=CCC[C@@H]1[C@@H](c2cccnc2)OC[C@@H]1O. The molecule has 2 N–H and O–H groups in total. The van der Waals surface area contributed by atoms with E-state index in [-0.39, 0.29) is 18.4 Å². The number of allylic oxidation sites excluding steroid dienone is 2. The van der Waals surface area contributed by atoms with Crippen molar-refractivity contribution in [1.82, 2.24) is 4.98 Å². The molecule has 1 saturated heterocycles. The van der Waals surface area contributed by atoms with Crippen molar-refractivity contribution in [2.45, 2.75) is 37.9 Å². The monoisotopic (exact) mass is 291 g/mol. The maximum Gasteiger partial charge on any atom is 0.303 e. The number of hydrogen-bond acceptors (Lipinski definition) is 4. The van der Waals surface area contributed by atoms with Crippen LogP contribution >= 0.6 is 0 Å². The largest absolute Gasteiger partial charge is 0.481 e. The van der Waals surface area contributed by atoms with Gasteiger partial charge >= 0.3 is 5.97 Å². The Morgan fingerprint density at radius 2 is 2.24 bits per heavy atom. The van der Waals surface area contributed by atoms with E-state index in [4.69, 9.17) is 9.84 Å². The Labute approximate surface area is 124 Å². The van der Waals surface area contributed by atoms with Crippen molar-refractivity contribution in [1.29, 1.82) is 0 Å². The van der Waals surface area contributed by atoms with E-state index in [0.29, 0.717) is 13.0 Å². The fraction of sp³-hybridized carbons (Fsp3) is 0.500. The van der Waals surface area contributed by atoms with Crippen molar-refractivity contribution >= 4 is 5.97 Å². The number of carboxylic acids is 1. The minimum atomic E-state index is -0.782. The lowest BCUT2D eigenvalue weighted by atomic mass is 9.90. The van der Waals surface area contributed by atoms with E-state index in [1.54, 1.807) is 12.4 Å². The number of aromatic nitrogens is 1. The summed E-state index contributed by atoms with van der Waals surface area (Å²) in [5, 5.41) is 18.6. The summed E-state index contributed by atoms with van der Waals surface area (Å²) in [6.45, 7) is 0.354. The second kappa shape index (κ2) is 7.90. The van der Waals surface area contributed by atoms with Gasteiger partial charge in [0.05, 0.1) is 18.8 Å². The van der Waals surface area contributed by atoms with Crippen LogP contribution in [0.2, 0.25) is 0 Å². The van der Waals surface area contributed by atoms with Crippen LogP contribution in [-0.2, 0) is 9.53 Å². The van der Waals surface area contributed by atoms with Crippen molar-refractivity contribution in [2.75, 3.05) is 6.61 Å². The second-order valence-electron chi connectivity index (χ2n) is 5.25. The molecule has 3 atom stereocenters. The molecule has 0 aliphatic carbocycles. The zero-order valence-electron chi connectivity index (χ0n) is 11.9. The lowest BCUT2D eigenvalue weighted by Gasteiger charge is -2.19. The average Bonchev–Trinajstić information content (AvgIpc) is 2.84. The molecule has 21 heavy (non-hydrogen) atoms. The van der Waals surface area contributed by atoms with Crippen molar-refractivity contribution in [3.63, 3.8) is 0 Å². The van der Waals surface area contributed by atoms with Crippen LogP contribution < -0.4 is 0 Å². The minimum absolute atomic E-state index is 0.0540. The number of carboxylic acid groups (broad SMARTS) is 1. The predicted octanol–water partition coefficient (Wildman–Crippen LogP) is 2.33. The van der Waals surface area contributed by atoms with Crippen molar-refractivity contribution in [3.05, 3.63) is 42.2 Å². The number of nitrogens with zero attached hydrogens (tertiary/aromatic N) is 1. The van der Waals surface area contributed by atoms with Gasteiger partial charge in [-0.15, -0.1) is 0 Å². The lowest BCUT2D eigenvalue weighted by molar-refractivity contribution is -0.136. The Hall–Kier alpha value is -1.72. The van der Waals surface area contributed by atoms with Crippen LogP contribution in [0.3, 0.4) is 0 Å². The zero-order valence-corrected chi connectivity index (χ0v) is 11.9. The van der Waals surface area contributed by atoms with Gasteiger partial charge in [-0.2, -0.15) is 0 Å². The zero-order chi connectivity index (χ0) is 15.1. The first-order chi connectivity index (χ1) is 10.2. The van der Waals surface area contributed by atoms with Gasteiger partial charge in [0.1, 0.15) is 0 Å². The first kappa shape index (κ1) is 15.7. The molecule has 0 aromatic carbocycles. The summed E-state index contributed by atoms with van der Waals surface area (Å²) in [4.78, 5) is 14.5. The Bertz CT molecular complexity index is 474. The van der Waals surface area contributed by atoms with E-state index < -0.39 is 12.1 Å². The molecule has 1 aromatic heterocycles. The summed E-state index contributed by atoms with van der Waals surface area (Å²) < 4.78 is 5.68. The van der Waals surface area contributed by atoms with Gasteiger partial charge in [0.2, 0.25) is 0 Å². The molecule has 0 saturated carbocycles. The Balaban J connectivity index is 1.84. The summed E-state index contributed by atoms with van der Waals surface area (Å²) in [7, 11) is 0. The van der Waals surface area contributed by atoms with Crippen molar-refractivity contribution in [3.8, 4) is 0 Å². The predicted molar refractivity (Wildman–Crippen MR) is 77.7 cm³/mol. The van der Waals surface area contributed by atoms with Crippen LogP contribution in [0.15, 0.2) is 36.7 Å². The highest BCUT2D eigenvalue weighted by Crippen LogP contribution is 2.37. The number of aliphatic carboxylic acids is 1. The number of aliphatic hydroxyl groups excluding tert-OH is 1. The molecule has 0 amide bonds. The fourth-order valence-electron chi connectivity index (χ4n) is 2.61. The fourth-order valence-corrected chi connectivity index (χ4v) is 2.61. The summed E-state index contributed by atoms with van der Waals surface area (Å²) in [5.74, 6) is -0.728. The normalized spacial score (nSPS) is 25.5. The minimum Gasteiger partial charge on any atom is -0.481 e.